The van der Waals surface area contributed by atoms with Crippen molar-refractivity contribution in [2.75, 3.05) is 18.8 Å². The number of carbonyl (C=O) groups excluding carboxylic acids is 1. The topological polar surface area (TPSA) is 105 Å². The lowest BCUT2D eigenvalue weighted by molar-refractivity contribution is 0.0865. The first-order valence-electron chi connectivity index (χ1n) is 10.8. The van der Waals surface area contributed by atoms with Crippen LogP contribution in [0, 0.1) is 5.82 Å². The Labute approximate surface area is 191 Å². The predicted octanol–water partition coefficient (Wildman–Crippen LogP) is 2.62. The molecule has 1 aliphatic rings. The lowest BCUT2D eigenvalue weighted by Crippen LogP contribution is -2.44. The van der Waals surface area contributed by atoms with E-state index in [4.69, 9.17) is 4.52 Å². The van der Waals surface area contributed by atoms with E-state index in [-0.39, 0.29) is 34.8 Å². The lowest BCUT2D eigenvalue weighted by atomic mass is 10.0. The second-order valence-electron chi connectivity index (χ2n) is 8.05. The molecule has 0 aliphatic carbocycles. The third-order valence-electron chi connectivity index (χ3n) is 5.60. The first-order valence-corrected chi connectivity index (χ1v) is 12.4. The Kier molecular flexibility index (Phi) is 7.14. The lowest BCUT2D eigenvalue weighted by Gasteiger charge is -2.32. The van der Waals surface area contributed by atoms with Crippen LogP contribution in [-0.4, -0.2) is 54.2 Å². The number of aryl methyl sites for hydroxylation is 1. The van der Waals surface area contributed by atoms with E-state index in [1.807, 2.05) is 18.2 Å². The average molecular weight is 473 g/mol. The van der Waals surface area contributed by atoms with Crippen molar-refractivity contribution in [2.45, 2.75) is 36.7 Å². The third kappa shape index (κ3) is 6.23. The fraction of sp³-hybridized carbons (Fsp3) is 0.348. The Morgan fingerprint density at radius 3 is 2.48 bits per heavy atom. The van der Waals surface area contributed by atoms with Crippen LogP contribution in [0.4, 0.5) is 4.39 Å². The van der Waals surface area contributed by atoms with Crippen molar-refractivity contribution in [3.8, 4) is 0 Å². The van der Waals surface area contributed by atoms with Crippen LogP contribution in [0.25, 0.3) is 0 Å². The summed E-state index contributed by atoms with van der Waals surface area (Å²) in [5.41, 5.74) is 1.26. The van der Waals surface area contributed by atoms with Gasteiger partial charge in [-0.25, -0.2) is 12.8 Å². The Hall–Kier alpha value is -3.11. The minimum atomic E-state index is -3.63. The molecule has 1 aliphatic heterocycles. The van der Waals surface area contributed by atoms with E-state index in [1.54, 1.807) is 0 Å². The fourth-order valence-electron chi connectivity index (χ4n) is 3.76. The van der Waals surface area contributed by atoms with E-state index in [2.05, 4.69) is 32.5 Å². The zero-order valence-corrected chi connectivity index (χ0v) is 18.8. The zero-order chi connectivity index (χ0) is 23.3. The summed E-state index contributed by atoms with van der Waals surface area (Å²) in [4.78, 5) is 18.9. The van der Waals surface area contributed by atoms with Gasteiger partial charge in [-0.1, -0.05) is 35.5 Å². The number of rotatable bonds is 8. The second kappa shape index (κ2) is 10.2. The number of hydrogen-bond acceptors (Lipinski definition) is 7. The van der Waals surface area contributed by atoms with Crippen molar-refractivity contribution in [3.63, 3.8) is 0 Å². The maximum atomic E-state index is 13.0. The van der Waals surface area contributed by atoms with Crippen LogP contribution in [0.3, 0.4) is 0 Å². The van der Waals surface area contributed by atoms with E-state index in [1.165, 1.54) is 17.7 Å². The van der Waals surface area contributed by atoms with Gasteiger partial charge < -0.3 is 9.84 Å². The van der Waals surface area contributed by atoms with Crippen LogP contribution < -0.4 is 5.32 Å². The molecule has 0 saturated carbocycles. The number of nitrogens with one attached hydrogen (secondary N) is 1. The van der Waals surface area contributed by atoms with Gasteiger partial charge in [-0.15, -0.1) is 0 Å². The first kappa shape index (κ1) is 23.1. The molecule has 0 atom stereocenters. The minimum Gasteiger partial charge on any atom is -0.345 e. The smallest absolute Gasteiger partial charge is 0.315 e. The van der Waals surface area contributed by atoms with Gasteiger partial charge >= 0.3 is 11.8 Å². The van der Waals surface area contributed by atoms with Gasteiger partial charge in [-0.05, 0) is 42.7 Å². The summed E-state index contributed by atoms with van der Waals surface area (Å²) in [6.45, 7) is 2.63. The summed E-state index contributed by atoms with van der Waals surface area (Å²) < 4.78 is 42.8. The zero-order valence-electron chi connectivity index (χ0n) is 18.0. The van der Waals surface area contributed by atoms with Gasteiger partial charge in [0, 0.05) is 32.1 Å². The van der Waals surface area contributed by atoms with Crippen molar-refractivity contribution in [3.05, 3.63) is 77.7 Å². The largest absolute Gasteiger partial charge is 0.345 e. The maximum Gasteiger partial charge on any atom is 0.315 e. The number of likely N-dealkylation sites (tertiary alicyclic amines) is 1. The number of aromatic nitrogens is 2. The number of hydrogen-bond donors (Lipinski definition) is 1. The summed E-state index contributed by atoms with van der Waals surface area (Å²) in [6.07, 6.45) is 1.61. The second-order valence-corrected chi connectivity index (χ2v) is 10.2. The van der Waals surface area contributed by atoms with Crippen LogP contribution in [-0.2, 0) is 22.8 Å². The quantitative estimate of drug-likeness (QED) is 0.503. The molecule has 0 radical (unpaired) electrons. The molecule has 2 aromatic carbocycles. The molecule has 1 amide bonds. The van der Waals surface area contributed by atoms with Gasteiger partial charge in [-0.2, -0.15) is 4.98 Å². The van der Waals surface area contributed by atoms with E-state index >= 15 is 0 Å². The van der Waals surface area contributed by atoms with Crippen molar-refractivity contribution in [1.29, 1.82) is 0 Å². The highest BCUT2D eigenvalue weighted by Gasteiger charge is 2.24. The molecule has 4 rings (SSSR count). The molecule has 0 unspecified atom stereocenters. The van der Waals surface area contributed by atoms with Crippen LogP contribution in [0.2, 0.25) is 0 Å². The summed E-state index contributed by atoms with van der Waals surface area (Å²) in [5, 5.41) is 6.64. The molecule has 3 aromatic rings. The molecule has 1 N–H and O–H groups in total. The molecule has 0 bridgehead atoms. The number of amides is 1. The molecule has 174 valence electrons. The van der Waals surface area contributed by atoms with Gasteiger partial charge in [0.2, 0.25) is 0 Å². The van der Waals surface area contributed by atoms with Crippen LogP contribution in [0.5, 0.6) is 0 Å². The average Bonchev–Trinajstić information content (AvgIpc) is 3.30. The predicted molar refractivity (Wildman–Crippen MR) is 119 cm³/mol. The number of halogens is 1. The Bertz CT molecular complexity index is 1170. The molecule has 1 fully saturated rings. The maximum absolute atomic E-state index is 13.0. The molecule has 2 heterocycles. The summed E-state index contributed by atoms with van der Waals surface area (Å²) in [7, 11) is -3.63. The number of sulfone groups is 1. The normalized spacial score (nSPS) is 15.4. The van der Waals surface area contributed by atoms with Gasteiger partial charge in [0.05, 0.1) is 10.6 Å². The monoisotopic (exact) mass is 472 g/mol. The Morgan fingerprint density at radius 2 is 1.79 bits per heavy atom. The highest BCUT2D eigenvalue weighted by molar-refractivity contribution is 7.91. The van der Waals surface area contributed by atoms with Crippen molar-refractivity contribution in [1.82, 2.24) is 20.4 Å². The van der Waals surface area contributed by atoms with Gasteiger partial charge in [0.15, 0.2) is 15.7 Å². The fourth-order valence-corrected chi connectivity index (χ4v) is 5.00. The van der Waals surface area contributed by atoms with E-state index in [0.717, 1.165) is 44.6 Å². The molecular formula is C23H25FN4O4S. The molecule has 10 heteroatoms. The molecule has 33 heavy (non-hydrogen) atoms. The molecule has 1 aromatic heterocycles. The minimum absolute atomic E-state index is 0.0127. The molecular weight excluding hydrogens is 447 g/mol. The summed E-state index contributed by atoms with van der Waals surface area (Å²) in [6, 6.07) is 14.9. The molecule has 1 saturated heterocycles. The van der Waals surface area contributed by atoms with Crippen LogP contribution >= 0.6 is 0 Å². The highest BCUT2D eigenvalue weighted by Crippen LogP contribution is 2.15. The van der Waals surface area contributed by atoms with Crippen molar-refractivity contribution >= 4 is 15.7 Å². The first-order chi connectivity index (χ1) is 15.9. The third-order valence-corrected chi connectivity index (χ3v) is 7.33. The van der Waals surface area contributed by atoms with E-state index in [9.17, 15) is 17.6 Å². The summed E-state index contributed by atoms with van der Waals surface area (Å²) >= 11 is 0. The van der Waals surface area contributed by atoms with Crippen molar-refractivity contribution < 1.29 is 22.1 Å². The Morgan fingerprint density at radius 1 is 1.09 bits per heavy atom. The number of piperidine rings is 1. The standard InChI is InChI=1S/C23H25FN4O4S/c24-18-6-8-20(9-7-18)33(30,31)15-12-21-26-23(32-27-21)22(29)25-19-10-13-28(14-11-19)16-17-4-2-1-3-5-17/h1-9,19H,10-16H2,(H,25,29). The number of benzene rings is 2. The van der Waals surface area contributed by atoms with Gasteiger partial charge in [0.25, 0.3) is 0 Å². The SMILES string of the molecule is O=C(NC1CCN(Cc2ccccc2)CC1)c1nc(CCS(=O)(=O)c2ccc(F)cc2)no1. The van der Waals surface area contributed by atoms with Crippen LogP contribution in [0.1, 0.15) is 34.9 Å². The number of nitrogens with zero attached hydrogens (tertiary/aromatic N) is 3. The van der Waals surface area contributed by atoms with Gasteiger partial charge in [-0.3, -0.25) is 9.69 Å². The Balaban J connectivity index is 1.25. The molecule has 0 spiro atoms. The van der Waals surface area contributed by atoms with Crippen molar-refractivity contribution in [2.24, 2.45) is 0 Å². The highest BCUT2D eigenvalue weighted by atomic mass is 32.2. The van der Waals surface area contributed by atoms with E-state index < -0.39 is 21.6 Å². The van der Waals surface area contributed by atoms with Crippen LogP contribution in [0.15, 0.2) is 64.0 Å². The number of carbonyl (C=O) groups is 1. The van der Waals surface area contributed by atoms with Gasteiger partial charge in [0.1, 0.15) is 5.82 Å². The van der Waals surface area contributed by atoms with E-state index in [0.29, 0.717) is 0 Å². The molecule has 8 nitrogen and oxygen atoms in total. The summed E-state index contributed by atoms with van der Waals surface area (Å²) in [5.74, 6) is -1.31.